The Morgan fingerprint density at radius 2 is 0.721 bits per heavy atom. The second-order valence-corrected chi connectivity index (χ2v) is 25.7. The highest BCUT2D eigenvalue weighted by Gasteiger charge is 2.38. The molecule has 0 bridgehead atoms. The number of hydrogen-bond donors (Lipinski definition) is 6. The summed E-state index contributed by atoms with van der Waals surface area (Å²) in [5, 5.41) is 54.0. The van der Waals surface area contributed by atoms with Gasteiger partial charge in [-0.05, 0) is 96.6 Å². The molecule has 5 N–H and O–H groups in total. The topological polar surface area (TPSA) is 162 Å². The largest absolute Gasteiger partial charge is 0.507 e. The lowest BCUT2D eigenvalue weighted by molar-refractivity contribution is -0.137. The molecule has 2 unspecified atom stereocenters. The van der Waals surface area contributed by atoms with Crippen LogP contribution in [0.25, 0.3) is 0 Å². The number of benzene rings is 3. The molecule has 0 aromatic heterocycles. The van der Waals surface area contributed by atoms with Gasteiger partial charge in [-0.1, -0.05) is 149 Å². The van der Waals surface area contributed by atoms with Crippen LogP contribution in [-0.2, 0) is 59.7 Å². The Hall–Kier alpha value is -4.18. The zero-order chi connectivity index (χ0) is 47.2. The number of hydrogen-bond acceptors (Lipinski definition) is 7. The molecule has 3 aromatic carbocycles. The third-order valence-electron chi connectivity index (χ3n) is 11.3. The lowest BCUT2D eigenvalue weighted by atomic mass is 9.78. The summed E-state index contributed by atoms with van der Waals surface area (Å²) in [6.07, 6.45) is -0.295. The first-order chi connectivity index (χ1) is 27.3. The molecule has 0 aliphatic carbocycles. The van der Waals surface area contributed by atoms with Crippen molar-refractivity contribution in [2.45, 2.75) is 187 Å². The van der Waals surface area contributed by atoms with Crippen LogP contribution in [0.2, 0.25) is 0 Å². The quantitative estimate of drug-likeness (QED) is 0.0591. The first-order valence-corrected chi connectivity index (χ1v) is 23.1. The number of phenolic OH excluding ortho intramolecular Hbond substituents is 3. The number of carboxylic acid groups (broad SMARTS) is 2. The Morgan fingerprint density at radius 3 is 0.951 bits per heavy atom. The maximum Gasteiger partial charge on any atom is 0.315 e. The molecule has 0 radical (unpaired) electrons. The van der Waals surface area contributed by atoms with Crippen molar-refractivity contribution in [1.29, 1.82) is 0 Å². The van der Waals surface area contributed by atoms with Gasteiger partial charge >= 0.3 is 17.9 Å². The van der Waals surface area contributed by atoms with Gasteiger partial charge in [-0.15, -0.1) is 0 Å². The Morgan fingerprint density at radius 1 is 0.475 bits per heavy atom. The summed E-state index contributed by atoms with van der Waals surface area (Å²) in [5.74, 6) is -2.36. The summed E-state index contributed by atoms with van der Waals surface area (Å²) in [4.78, 5) is 41.1. The summed E-state index contributed by atoms with van der Waals surface area (Å²) in [7, 11) is -2.01. The van der Waals surface area contributed by atoms with Crippen LogP contribution in [0.15, 0.2) is 36.4 Å². The number of thiol groups is 1. The third kappa shape index (κ3) is 12.7. The van der Waals surface area contributed by atoms with E-state index in [2.05, 4.69) is 0 Å². The van der Waals surface area contributed by atoms with Gasteiger partial charge in [0.2, 0.25) is 0 Å². The van der Waals surface area contributed by atoms with Crippen LogP contribution in [0.1, 0.15) is 176 Å². The maximum atomic E-state index is 13.9. The normalized spacial score (nSPS) is 15.0. The molecule has 0 spiro atoms. The molecule has 3 rings (SSSR count). The molecule has 0 saturated carbocycles. The van der Waals surface area contributed by atoms with Crippen molar-refractivity contribution in [2.24, 2.45) is 0 Å². The van der Waals surface area contributed by atoms with E-state index in [1.807, 2.05) is 149 Å². The first-order valence-electron chi connectivity index (χ1n) is 21.4. The average Bonchev–Trinajstić information content (AvgIpc) is 3.05. The number of ether oxygens (including phenoxy) is 1. The van der Waals surface area contributed by atoms with E-state index >= 15 is 0 Å². The van der Waals surface area contributed by atoms with Gasteiger partial charge in [-0.2, -0.15) is 0 Å². The Kier molecular flexibility index (Phi) is 15.0. The average molecular weight is 865 g/mol. The molecule has 3 aromatic rings. The standard InChI is InChI=1S/C51H76O9S/c1-46(2,3)32-21-29(22-33(41(32)53)47(4,5)6)25-38(44(56)57)61(20-19-40(52)60-31-27-36(50(13,14)15)43(55)37(28-31)51(16,17)18)39(45(58)59)26-30-23-34(48(7,8)9)42(54)35(24-30)49(10,11)12/h21-24,27-28,38-39,53-55,61H,19-20,25-26H2,1-18H3,(H,56,57)(H,58,59). The number of carbonyl (C=O) groups excluding carboxylic acids is 1. The van der Waals surface area contributed by atoms with Crippen LogP contribution in [0, 0.1) is 0 Å². The molecular weight excluding hydrogens is 789 g/mol. The van der Waals surface area contributed by atoms with Crippen molar-refractivity contribution in [3.05, 3.63) is 80.9 Å². The summed E-state index contributed by atoms with van der Waals surface area (Å²) >= 11 is 0. The van der Waals surface area contributed by atoms with E-state index in [0.29, 0.717) is 44.5 Å². The zero-order valence-corrected chi connectivity index (χ0v) is 41.2. The molecule has 0 heterocycles. The SMILES string of the molecule is CC(C)(C)c1cc(CC(C(=O)O)[SH](CCC(=O)Oc2cc(C(C)(C)C)c(O)c(C(C)(C)C)c2)C(Cc2cc(C(C)(C)C)c(O)c(C(C)(C)C)c2)C(=O)O)cc(C(C)(C)C)c1O. The Labute approximate surface area is 368 Å². The van der Waals surface area contributed by atoms with Gasteiger partial charge in [-0.3, -0.25) is 14.4 Å². The van der Waals surface area contributed by atoms with Crippen molar-refractivity contribution in [3.63, 3.8) is 0 Å². The van der Waals surface area contributed by atoms with E-state index in [1.165, 1.54) is 0 Å². The first kappa shape index (κ1) is 51.2. The minimum Gasteiger partial charge on any atom is -0.507 e. The number of rotatable bonds is 12. The maximum absolute atomic E-state index is 13.9. The number of esters is 1. The van der Waals surface area contributed by atoms with E-state index in [1.54, 1.807) is 12.1 Å². The highest BCUT2D eigenvalue weighted by atomic mass is 32.2. The van der Waals surface area contributed by atoms with Crippen molar-refractivity contribution in [1.82, 2.24) is 0 Å². The monoisotopic (exact) mass is 865 g/mol. The molecule has 2 atom stereocenters. The number of carboxylic acids is 2. The molecule has 10 heteroatoms. The van der Waals surface area contributed by atoms with Crippen LogP contribution in [0.4, 0.5) is 0 Å². The number of aliphatic carboxylic acids is 2. The van der Waals surface area contributed by atoms with Crippen LogP contribution < -0.4 is 4.74 Å². The zero-order valence-electron chi connectivity index (χ0n) is 40.3. The molecule has 0 saturated heterocycles. The Balaban J connectivity index is 2.26. The molecule has 0 aliphatic heterocycles. The van der Waals surface area contributed by atoms with E-state index in [4.69, 9.17) is 4.74 Å². The van der Waals surface area contributed by atoms with Crippen molar-refractivity contribution in [2.75, 3.05) is 5.75 Å². The summed E-state index contributed by atoms with van der Waals surface area (Å²) < 4.78 is 5.96. The van der Waals surface area contributed by atoms with E-state index < -0.39 is 71.8 Å². The smallest absolute Gasteiger partial charge is 0.315 e. The van der Waals surface area contributed by atoms with Crippen LogP contribution in [0.3, 0.4) is 0 Å². The minimum absolute atomic E-state index is 0.0236. The number of aromatic hydroxyl groups is 3. The lowest BCUT2D eigenvalue weighted by Crippen LogP contribution is -2.36. The van der Waals surface area contributed by atoms with Crippen LogP contribution >= 0.6 is 10.9 Å². The molecule has 0 fully saturated rings. The number of carbonyl (C=O) groups is 3. The predicted molar refractivity (Wildman–Crippen MR) is 251 cm³/mol. The third-order valence-corrected chi connectivity index (χ3v) is 14.5. The fraction of sp³-hybridized carbons (Fsp3) is 0.588. The molecule has 340 valence electrons. The lowest BCUT2D eigenvalue weighted by Gasteiger charge is -2.35. The summed E-state index contributed by atoms with van der Waals surface area (Å²) in [6, 6.07) is 10.6. The minimum atomic E-state index is -2.01. The van der Waals surface area contributed by atoms with Crippen molar-refractivity contribution < 1.29 is 44.7 Å². The Bertz CT molecular complexity index is 1900. The summed E-state index contributed by atoms with van der Waals surface area (Å²) in [5.41, 5.74) is 2.26. The van der Waals surface area contributed by atoms with Gasteiger partial charge in [0.1, 0.15) is 23.0 Å². The van der Waals surface area contributed by atoms with Gasteiger partial charge in [-0.25, -0.2) is 10.9 Å². The molecular formula is C51H76O9S. The van der Waals surface area contributed by atoms with Gasteiger partial charge in [0.25, 0.3) is 0 Å². The molecule has 0 aliphatic rings. The highest BCUT2D eigenvalue weighted by Crippen LogP contribution is 2.47. The van der Waals surface area contributed by atoms with E-state index in [9.17, 15) is 39.9 Å². The molecule has 61 heavy (non-hydrogen) atoms. The van der Waals surface area contributed by atoms with E-state index in [0.717, 1.165) is 0 Å². The summed E-state index contributed by atoms with van der Waals surface area (Å²) in [6.45, 7) is 35.5. The van der Waals surface area contributed by atoms with Crippen molar-refractivity contribution >= 4 is 28.8 Å². The van der Waals surface area contributed by atoms with Gasteiger partial charge in [0.15, 0.2) is 0 Å². The second-order valence-electron chi connectivity index (χ2n) is 23.0. The van der Waals surface area contributed by atoms with Crippen molar-refractivity contribution in [3.8, 4) is 23.0 Å². The van der Waals surface area contributed by atoms with Crippen LogP contribution in [0.5, 0.6) is 23.0 Å². The molecule has 0 amide bonds. The molecule has 9 nitrogen and oxygen atoms in total. The van der Waals surface area contributed by atoms with Gasteiger partial charge in [0.05, 0.1) is 16.9 Å². The van der Waals surface area contributed by atoms with Gasteiger partial charge in [0, 0.05) is 11.1 Å². The fourth-order valence-corrected chi connectivity index (χ4v) is 10.7. The van der Waals surface area contributed by atoms with Gasteiger partial charge < -0.3 is 30.3 Å². The highest BCUT2D eigenvalue weighted by molar-refractivity contribution is 8.19. The number of phenols is 3. The van der Waals surface area contributed by atoms with Crippen LogP contribution in [-0.4, -0.2) is 59.7 Å². The second kappa shape index (κ2) is 17.9. The fourth-order valence-electron chi connectivity index (χ4n) is 7.79. The van der Waals surface area contributed by atoms with E-state index in [-0.39, 0.29) is 48.0 Å². The predicted octanol–water partition coefficient (Wildman–Crippen LogP) is 11.3.